The van der Waals surface area contributed by atoms with Gasteiger partial charge in [0.15, 0.2) is 6.23 Å². The van der Waals surface area contributed by atoms with Gasteiger partial charge in [0.2, 0.25) is 0 Å². The van der Waals surface area contributed by atoms with E-state index in [1.165, 1.54) is 0 Å². The van der Waals surface area contributed by atoms with Gasteiger partial charge in [-0.3, -0.25) is 0 Å². The van der Waals surface area contributed by atoms with E-state index in [-0.39, 0.29) is 12.3 Å². The average Bonchev–Trinajstić information content (AvgIpc) is 2.62. The first-order chi connectivity index (χ1) is 11.7. The van der Waals surface area contributed by atoms with E-state index in [0.29, 0.717) is 0 Å². The first-order valence-corrected chi connectivity index (χ1v) is 8.90. The molecule has 0 saturated heterocycles. The third-order valence-electron chi connectivity index (χ3n) is 4.13. The Morgan fingerprint density at radius 1 is 0.875 bits per heavy atom. The first kappa shape index (κ1) is 15.7. The quantitative estimate of drug-likeness (QED) is 0.542. The van der Waals surface area contributed by atoms with E-state index >= 15 is 0 Å². The van der Waals surface area contributed by atoms with Crippen LogP contribution in [-0.2, 0) is 4.74 Å². The van der Waals surface area contributed by atoms with Gasteiger partial charge in [-0.15, -0.1) is 0 Å². The number of fused-ring (bicyclic) bond motifs is 1. The van der Waals surface area contributed by atoms with E-state index in [4.69, 9.17) is 16.3 Å². The number of anilines is 1. The Hall–Kier alpha value is -1.81. The van der Waals surface area contributed by atoms with Gasteiger partial charge in [-0.1, -0.05) is 70.0 Å². The first-order valence-electron chi connectivity index (χ1n) is 7.72. The predicted octanol–water partition coefficient (Wildman–Crippen LogP) is 6.33. The lowest BCUT2D eigenvalue weighted by atomic mass is 9.97. The van der Waals surface area contributed by atoms with Gasteiger partial charge in [-0.2, -0.15) is 0 Å². The summed E-state index contributed by atoms with van der Waals surface area (Å²) in [5.74, 6) is 0. The van der Waals surface area contributed by atoms with Crippen molar-refractivity contribution < 1.29 is 4.74 Å². The third kappa shape index (κ3) is 3.07. The van der Waals surface area contributed by atoms with Crippen LogP contribution in [0.5, 0.6) is 0 Å². The van der Waals surface area contributed by atoms with Crippen LogP contribution in [-0.4, -0.2) is 0 Å². The van der Waals surface area contributed by atoms with Gasteiger partial charge in [-0.05, 0) is 35.9 Å². The Morgan fingerprint density at radius 3 is 2.38 bits per heavy atom. The highest BCUT2D eigenvalue weighted by molar-refractivity contribution is 9.10. The molecule has 3 aromatic carbocycles. The second-order valence-electron chi connectivity index (χ2n) is 5.73. The third-order valence-corrected chi connectivity index (χ3v) is 4.88. The standard InChI is InChI=1S/C20H15BrClNO/c21-15-8-11-18-17(12-15)19(13-4-2-1-3-5-13)24-20(23-18)14-6-9-16(22)10-7-14/h1-12,19-20,23H/t19-,20-/m1/s1. The summed E-state index contributed by atoms with van der Waals surface area (Å²) in [5.41, 5.74) is 4.39. The van der Waals surface area contributed by atoms with Gasteiger partial charge in [0.1, 0.15) is 6.10 Å². The molecule has 0 unspecified atom stereocenters. The normalized spacial score (nSPS) is 19.4. The molecule has 4 heteroatoms. The molecular formula is C20H15BrClNO. The van der Waals surface area contributed by atoms with Gasteiger partial charge >= 0.3 is 0 Å². The van der Waals surface area contributed by atoms with Crippen molar-refractivity contribution in [2.45, 2.75) is 12.3 Å². The van der Waals surface area contributed by atoms with Crippen LogP contribution in [0.15, 0.2) is 77.3 Å². The van der Waals surface area contributed by atoms with Crippen molar-refractivity contribution in [2.75, 3.05) is 5.32 Å². The molecule has 4 rings (SSSR count). The molecule has 1 aliphatic heterocycles. The van der Waals surface area contributed by atoms with E-state index in [9.17, 15) is 0 Å². The van der Waals surface area contributed by atoms with Crippen molar-refractivity contribution in [3.05, 3.63) is 99.0 Å². The molecule has 0 amide bonds. The van der Waals surface area contributed by atoms with Gasteiger partial charge < -0.3 is 10.1 Å². The Bertz CT molecular complexity index is 851. The minimum absolute atomic E-state index is 0.124. The smallest absolute Gasteiger partial charge is 0.155 e. The van der Waals surface area contributed by atoms with E-state index in [1.807, 2.05) is 48.5 Å². The predicted molar refractivity (Wildman–Crippen MR) is 101 cm³/mol. The SMILES string of the molecule is Clc1ccc([C@@H]2Nc3ccc(Br)cc3[C@@H](c3ccccc3)O2)cc1. The van der Waals surface area contributed by atoms with Crippen molar-refractivity contribution in [1.29, 1.82) is 0 Å². The molecule has 24 heavy (non-hydrogen) atoms. The molecule has 1 aliphatic rings. The molecule has 1 N–H and O–H groups in total. The summed E-state index contributed by atoms with van der Waals surface area (Å²) in [6, 6.07) is 24.3. The number of halogens is 2. The molecule has 120 valence electrons. The Balaban J connectivity index is 1.77. The minimum Gasteiger partial charge on any atom is -0.356 e. The number of benzene rings is 3. The Morgan fingerprint density at radius 2 is 1.62 bits per heavy atom. The average molecular weight is 401 g/mol. The van der Waals surface area contributed by atoms with Crippen LogP contribution in [0.3, 0.4) is 0 Å². The van der Waals surface area contributed by atoms with Gasteiger partial charge in [0.25, 0.3) is 0 Å². The second-order valence-corrected chi connectivity index (χ2v) is 7.09. The van der Waals surface area contributed by atoms with Crippen LogP contribution < -0.4 is 5.32 Å². The maximum Gasteiger partial charge on any atom is 0.155 e. The molecule has 0 fully saturated rings. The molecule has 0 spiro atoms. The number of hydrogen-bond acceptors (Lipinski definition) is 2. The lowest BCUT2D eigenvalue weighted by Crippen LogP contribution is -2.25. The highest BCUT2D eigenvalue weighted by atomic mass is 79.9. The van der Waals surface area contributed by atoms with Crippen LogP contribution in [0.1, 0.15) is 29.0 Å². The van der Waals surface area contributed by atoms with Crippen LogP contribution in [0.4, 0.5) is 5.69 Å². The lowest BCUT2D eigenvalue weighted by Gasteiger charge is -2.34. The maximum absolute atomic E-state index is 6.40. The Kier molecular flexibility index (Phi) is 4.31. The highest BCUT2D eigenvalue weighted by Crippen LogP contribution is 2.42. The van der Waals surface area contributed by atoms with Crippen LogP contribution >= 0.6 is 27.5 Å². The summed E-state index contributed by atoms with van der Waals surface area (Å²) in [5, 5.41) is 4.19. The molecule has 2 atom stereocenters. The molecule has 0 bridgehead atoms. The molecule has 0 saturated carbocycles. The number of nitrogens with one attached hydrogen (secondary N) is 1. The fourth-order valence-electron chi connectivity index (χ4n) is 2.95. The zero-order valence-corrected chi connectivity index (χ0v) is 15.1. The monoisotopic (exact) mass is 399 g/mol. The largest absolute Gasteiger partial charge is 0.356 e. The summed E-state index contributed by atoms with van der Waals surface area (Å²) in [6.07, 6.45) is -0.346. The summed E-state index contributed by atoms with van der Waals surface area (Å²) in [7, 11) is 0. The number of ether oxygens (including phenoxy) is 1. The summed E-state index contributed by atoms with van der Waals surface area (Å²) in [4.78, 5) is 0. The highest BCUT2D eigenvalue weighted by Gasteiger charge is 2.29. The van der Waals surface area contributed by atoms with Crippen LogP contribution in [0.2, 0.25) is 5.02 Å². The summed E-state index contributed by atoms with van der Waals surface area (Å²) in [6.45, 7) is 0. The molecule has 0 radical (unpaired) electrons. The number of hydrogen-bond donors (Lipinski definition) is 1. The van der Waals surface area contributed by atoms with Gasteiger partial charge in [-0.25, -0.2) is 0 Å². The molecule has 0 aliphatic carbocycles. The van der Waals surface area contributed by atoms with Gasteiger partial charge in [0.05, 0.1) is 0 Å². The zero-order chi connectivity index (χ0) is 16.5. The van der Waals surface area contributed by atoms with Crippen molar-refractivity contribution in [2.24, 2.45) is 0 Å². The fourth-order valence-corrected chi connectivity index (χ4v) is 3.46. The fraction of sp³-hybridized carbons (Fsp3) is 0.100. The van der Waals surface area contributed by atoms with Crippen molar-refractivity contribution >= 4 is 33.2 Å². The zero-order valence-electron chi connectivity index (χ0n) is 12.7. The topological polar surface area (TPSA) is 21.3 Å². The van der Waals surface area contributed by atoms with Crippen molar-refractivity contribution in [3.8, 4) is 0 Å². The number of rotatable bonds is 2. The van der Waals surface area contributed by atoms with E-state index in [0.717, 1.165) is 31.9 Å². The second kappa shape index (κ2) is 6.60. The minimum atomic E-state index is -0.221. The molecule has 0 aromatic heterocycles. The summed E-state index contributed by atoms with van der Waals surface area (Å²) >= 11 is 9.57. The van der Waals surface area contributed by atoms with Crippen molar-refractivity contribution in [1.82, 2.24) is 0 Å². The van der Waals surface area contributed by atoms with Crippen LogP contribution in [0.25, 0.3) is 0 Å². The maximum atomic E-state index is 6.40. The van der Waals surface area contributed by atoms with Crippen molar-refractivity contribution in [3.63, 3.8) is 0 Å². The van der Waals surface area contributed by atoms with E-state index < -0.39 is 0 Å². The van der Waals surface area contributed by atoms with Gasteiger partial charge in [0, 0.05) is 26.3 Å². The molecule has 2 nitrogen and oxygen atoms in total. The molecule has 1 heterocycles. The van der Waals surface area contributed by atoms with Crippen LogP contribution in [0, 0.1) is 0 Å². The van der Waals surface area contributed by atoms with E-state index in [1.54, 1.807) is 0 Å². The van der Waals surface area contributed by atoms with E-state index in [2.05, 4.69) is 45.5 Å². The summed E-state index contributed by atoms with van der Waals surface area (Å²) < 4.78 is 7.44. The molecular weight excluding hydrogens is 386 g/mol. The Labute approximate surface area is 154 Å². The molecule has 3 aromatic rings. The lowest BCUT2D eigenvalue weighted by molar-refractivity contribution is 0.0157.